The molecule has 0 spiro atoms. The Morgan fingerprint density at radius 2 is 2.31 bits per heavy atom. The minimum absolute atomic E-state index is 0.0712. The predicted octanol–water partition coefficient (Wildman–Crippen LogP) is 3.89. The maximum Gasteiger partial charge on any atom is 0.232 e. The molecule has 0 fully saturated rings. The molecule has 0 saturated heterocycles. The van der Waals surface area contributed by atoms with Crippen molar-refractivity contribution in [3.8, 4) is 10.7 Å². The molecule has 0 bridgehead atoms. The number of thiophene rings is 1. The first kappa shape index (κ1) is 19.2. The van der Waals surface area contributed by atoms with Crippen molar-refractivity contribution < 1.29 is 4.79 Å². The molecule has 1 atom stereocenters. The lowest BCUT2D eigenvalue weighted by Gasteiger charge is -2.19. The zero-order chi connectivity index (χ0) is 18.7. The minimum atomic E-state index is 0.0712. The Balaban J connectivity index is 1.85. The highest BCUT2D eigenvalue weighted by molar-refractivity contribution is 7.99. The summed E-state index contributed by atoms with van der Waals surface area (Å²) in [4.78, 5) is 16.1. The van der Waals surface area contributed by atoms with Gasteiger partial charge in [0.25, 0.3) is 0 Å². The number of aromatic nitrogens is 3. The Hall–Kier alpha value is -1.60. The van der Waals surface area contributed by atoms with Gasteiger partial charge in [-0.1, -0.05) is 31.2 Å². The van der Waals surface area contributed by atoms with Crippen molar-refractivity contribution in [3.05, 3.63) is 29.2 Å². The molecule has 1 aliphatic rings. The number of allylic oxidation sites excluding steroid dienone is 1. The van der Waals surface area contributed by atoms with Crippen LogP contribution in [0.25, 0.3) is 10.7 Å². The third-order valence-electron chi connectivity index (χ3n) is 4.83. The first-order valence-electron chi connectivity index (χ1n) is 9.02. The van der Waals surface area contributed by atoms with E-state index in [0.717, 1.165) is 16.9 Å². The van der Waals surface area contributed by atoms with Gasteiger partial charge < -0.3 is 4.90 Å². The molecule has 1 amide bonds. The monoisotopic (exact) mass is 390 g/mol. The second-order valence-corrected chi connectivity index (χ2v) is 8.94. The molecule has 2 aromatic heterocycles. The highest BCUT2D eigenvalue weighted by Gasteiger charge is 2.23. The number of hydrogen-bond acceptors (Lipinski definition) is 5. The quantitative estimate of drug-likeness (QED) is 0.532. The molecule has 140 valence electrons. The van der Waals surface area contributed by atoms with Crippen LogP contribution in [-0.2, 0) is 24.2 Å². The van der Waals surface area contributed by atoms with E-state index < -0.39 is 0 Å². The minimum Gasteiger partial charge on any atom is -0.348 e. The number of nitrogens with zero attached hydrogens (tertiary/aromatic N) is 4. The topological polar surface area (TPSA) is 51.0 Å². The first-order valence-corrected chi connectivity index (χ1v) is 10.8. The maximum atomic E-state index is 11.9. The van der Waals surface area contributed by atoms with Gasteiger partial charge in [0.05, 0.1) is 10.6 Å². The van der Waals surface area contributed by atoms with Gasteiger partial charge in [0.2, 0.25) is 5.91 Å². The van der Waals surface area contributed by atoms with E-state index in [0.29, 0.717) is 12.3 Å². The van der Waals surface area contributed by atoms with Crippen molar-refractivity contribution in [1.29, 1.82) is 0 Å². The molecule has 2 heterocycles. The number of rotatable bonds is 7. The lowest BCUT2D eigenvalue weighted by Crippen LogP contribution is -2.23. The zero-order valence-corrected chi connectivity index (χ0v) is 17.3. The third kappa shape index (κ3) is 4.04. The van der Waals surface area contributed by atoms with Crippen LogP contribution in [0.15, 0.2) is 23.9 Å². The maximum absolute atomic E-state index is 11.9. The van der Waals surface area contributed by atoms with Crippen molar-refractivity contribution in [2.24, 2.45) is 5.92 Å². The molecule has 26 heavy (non-hydrogen) atoms. The summed E-state index contributed by atoms with van der Waals surface area (Å²) in [6.07, 6.45) is 6.74. The zero-order valence-electron chi connectivity index (χ0n) is 15.7. The number of hydrogen-bond donors (Lipinski definition) is 0. The van der Waals surface area contributed by atoms with Gasteiger partial charge >= 0.3 is 0 Å². The van der Waals surface area contributed by atoms with Crippen LogP contribution in [0.1, 0.15) is 30.2 Å². The Morgan fingerprint density at radius 1 is 1.50 bits per heavy atom. The Kier molecular flexibility index (Phi) is 6.19. The van der Waals surface area contributed by atoms with Gasteiger partial charge in [-0.2, -0.15) is 0 Å². The van der Waals surface area contributed by atoms with Crippen molar-refractivity contribution in [3.63, 3.8) is 0 Å². The fourth-order valence-corrected chi connectivity index (χ4v) is 5.31. The average molecular weight is 391 g/mol. The van der Waals surface area contributed by atoms with Crippen LogP contribution in [0.3, 0.4) is 0 Å². The van der Waals surface area contributed by atoms with E-state index in [9.17, 15) is 4.79 Å². The van der Waals surface area contributed by atoms with Crippen LogP contribution in [0.4, 0.5) is 0 Å². The third-order valence-corrected chi connectivity index (χ3v) is 7.02. The van der Waals surface area contributed by atoms with Crippen LogP contribution >= 0.6 is 23.1 Å². The summed E-state index contributed by atoms with van der Waals surface area (Å²) in [5.74, 6) is 2.12. The molecular weight excluding hydrogens is 364 g/mol. The molecule has 0 aromatic carbocycles. The molecule has 0 unspecified atom stereocenters. The van der Waals surface area contributed by atoms with Crippen LogP contribution in [0.2, 0.25) is 0 Å². The Labute approximate surface area is 163 Å². The van der Waals surface area contributed by atoms with E-state index in [2.05, 4.69) is 34.3 Å². The van der Waals surface area contributed by atoms with Crippen LogP contribution in [0.5, 0.6) is 0 Å². The molecule has 1 aliphatic carbocycles. The fourth-order valence-electron chi connectivity index (χ4n) is 3.18. The molecule has 3 rings (SSSR count). The number of thioether (sulfide) groups is 1. The number of amides is 1. The lowest BCUT2D eigenvalue weighted by atomic mass is 9.87. The summed E-state index contributed by atoms with van der Waals surface area (Å²) in [6.45, 7) is 6.78. The largest absolute Gasteiger partial charge is 0.348 e. The summed E-state index contributed by atoms with van der Waals surface area (Å²) in [5, 5.41) is 9.56. The number of carbonyl (C=O) groups is 1. The Bertz CT molecular complexity index is 794. The van der Waals surface area contributed by atoms with E-state index in [1.807, 2.05) is 17.4 Å². The van der Waals surface area contributed by atoms with Crippen molar-refractivity contribution >= 4 is 29.0 Å². The van der Waals surface area contributed by atoms with Gasteiger partial charge in [-0.3, -0.25) is 9.36 Å². The fraction of sp³-hybridized carbons (Fsp3) is 0.526. The number of aryl methyl sites for hydroxylation is 1. The van der Waals surface area contributed by atoms with Gasteiger partial charge in [-0.25, -0.2) is 0 Å². The molecule has 7 heteroatoms. The summed E-state index contributed by atoms with van der Waals surface area (Å²) in [7, 11) is 3.53. The summed E-state index contributed by atoms with van der Waals surface area (Å²) in [5.41, 5.74) is 1.48. The standard InChI is InChI=1S/C19H26N4OS2/c1-5-9-23-18(20-21-19(23)25-12-17(24)22(3)4)16-11-14-10-13(6-2)7-8-15(14)26-16/h5,11,13H,1,6-10,12H2,2-4H3/t13-/m0/s1. The van der Waals surface area contributed by atoms with E-state index in [4.69, 9.17) is 0 Å². The number of carbonyl (C=O) groups excluding carboxylic acids is 1. The summed E-state index contributed by atoms with van der Waals surface area (Å²) < 4.78 is 2.06. The second kappa shape index (κ2) is 8.39. The molecule has 0 N–H and O–H groups in total. The molecule has 2 aromatic rings. The van der Waals surface area contributed by atoms with Crippen molar-refractivity contribution in [2.75, 3.05) is 19.8 Å². The van der Waals surface area contributed by atoms with E-state index in [1.54, 1.807) is 19.0 Å². The molecule has 0 saturated carbocycles. The van der Waals surface area contributed by atoms with Gasteiger partial charge in [0.15, 0.2) is 11.0 Å². The molecule has 5 nitrogen and oxygen atoms in total. The van der Waals surface area contributed by atoms with Gasteiger partial charge in [-0.05, 0) is 36.8 Å². The van der Waals surface area contributed by atoms with E-state index in [-0.39, 0.29) is 5.91 Å². The molecule has 0 radical (unpaired) electrons. The van der Waals surface area contributed by atoms with E-state index >= 15 is 0 Å². The number of fused-ring (bicyclic) bond motifs is 1. The predicted molar refractivity (Wildman–Crippen MR) is 109 cm³/mol. The molecule has 0 aliphatic heterocycles. The van der Waals surface area contributed by atoms with Crippen LogP contribution in [0, 0.1) is 5.92 Å². The van der Waals surface area contributed by atoms with Crippen LogP contribution in [-0.4, -0.2) is 45.4 Å². The smallest absolute Gasteiger partial charge is 0.232 e. The Morgan fingerprint density at radius 3 is 3.00 bits per heavy atom. The highest BCUT2D eigenvalue weighted by Crippen LogP contribution is 2.38. The van der Waals surface area contributed by atoms with Crippen molar-refractivity contribution in [1.82, 2.24) is 19.7 Å². The molecular formula is C19H26N4OS2. The average Bonchev–Trinajstić information content (AvgIpc) is 3.22. The van der Waals surface area contributed by atoms with Gasteiger partial charge in [-0.15, -0.1) is 28.1 Å². The summed E-state index contributed by atoms with van der Waals surface area (Å²) in [6, 6.07) is 2.30. The lowest BCUT2D eigenvalue weighted by molar-refractivity contribution is -0.125. The van der Waals surface area contributed by atoms with Crippen LogP contribution < -0.4 is 0 Å². The van der Waals surface area contributed by atoms with Crippen molar-refractivity contribution in [2.45, 2.75) is 44.3 Å². The van der Waals surface area contributed by atoms with E-state index in [1.165, 1.54) is 52.8 Å². The highest BCUT2D eigenvalue weighted by atomic mass is 32.2. The SMILES string of the molecule is C=CCn1c(SCC(=O)N(C)C)nnc1-c1cc2c(s1)CC[C@H](CC)C2. The van der Waals surface area contributed by atoms with Gasteiger partial charge in [0.1, 0.15) is 0 Å². The normalized spacial score (nSPS) is 16.3. The van der Waals surface area contributed by atoms with Gasteiger partial charge in [0, 0.05) is 25.5 Å². The summed E-state index contributed by atoms with van der Waals surface area (Å²) >= 11 is 3.27. The first-order chi connectivity index (χ1) is 12.5. The second-order valence-electron chi connectivity index (χ2n) is 6.86.